The van der Waals surface area contributed by atoms with Gasteiger partial charge in [-0.1, -0.05) is 0 Å². The normalized spacial score (nSPS) is 23.0. The molecule has 154 valence electrons. The van der Waals surface area contributed by atoms with E-state index >= 15 is 0 Å². The predicted octanol–water partition coefficient (Wildman–Crippen LogP) is 2.06. The number of benzene rings is 1. The minimum absolute atomic E-state index is 0.120. The second-order valence-corrected chi connectivity index (χ2v) is 8.11. The van der Waals surface area contributed by atoms with Crippen LogP contribution >= 0.6 is 0 Å². The third-order valence-corrected chi connectivity index (χ3v) is 6.22. The summed E-state index contributed by atoms with van der Waals surface area (Å²) in [6.07, 6.45) is 4.15. The van der Waals surface area contributed by atoms with E-state index in [1.807, 2.05) is 13.0 Å². The van der Waals surface area contributed by atoms with Crippen molar-refractivity contribution < 1.29 is 19.1 Å². The van der Waals surface area contributed by atoms with E-state index < -0.39 is 5.79 Å². The van der Waals surface area contributed by atoms with Crippen LogP contribution in [0.2, 0.25) is 0 Å². The molecule has 0 atom stereocenters. The summed E-state index contributed by atoms with van der Waals surface area (Å²) in [5.74, 6) is -0.646. The second kappa shape index (κ2) is 7.12. The van der Waals surface area contributed by atoms with Crippen molar-refractivity contribution in [1.29, 1.82) is 0 Å². The summed E-state index contributed by atoms with van der Waals surface area (Å²) in [5.41, 5.74) is 2.93. The van der Waals surface area contributed by atoms with E-state index in [2.05, 4.69) is 33.5 Å². The van der Waals surface area contributed by atoms with Gasteiger partial charge in [0.2, 0.25) is 5.91 Å². The first kappa shape index (κ1) is 18.6. The average Bonchev–Trinajstić information content (AvgIpc) is 3.12. The van der Waals surface area contributed by atoms with E-state index in [1.54, 1.807) is 4.90 Å². The summed E-state index contributed by atoms with van der Waals surface area (Å²) in [6, 6.07) is 5.94. The van der Waals surface area contributed by atoms with Crippen molar-refractivity contribution in [3.05, 3.63) is 30.0 Å². The quantitative estimate of drug-likeness (QED) is 0.809. The molecule has 5 rings (SSSR count). The van der Waals surface area contributed by atoms with Gasteiger partial charge in [0, 0.05) is 61.7 Å². The molecule has 8 nitrogen and oxygen atoms in total. The molecule has 0 unspecified atom stereocenters. The first-order chi connectivity index (χ1) is 14.0. The van der Waals surface area contributed by atoms with Gasteiger partial charge in [0.05, 0.1) is 19.3 Å². The fourth-order valence-corrected chi connectivity index (χ4v) is 4.54. The van der Waals surface area contributed by atoms with E-state index in [1.165, 1.54) is 0 Å². The predicted molar refractivity (Wildman–Crippen MR) is 108 cm³/mol. The number of ether oxygens (including phenoxy) is 2. The zero-order chi connectivity index (χ0) is 20.0. The van der Waals surface area contributed by atoms with Crippen LogP contribution in [-0.4, -0.2) is 55.1 Å². The highest BCUT2D eigenvalue weighted by Crippen LogP contribution is 2.35. The van der Waals surface area contributed by atoms with E-state index in [-0.39, 0.29) is 18.0 Å². The van der Waals surface area contributed by atoms with Gasteiger partial charge in [-0.15, -0.1) is 0 Å². The van der Waals surface area contributed by atoms with Gasteiger partial charge >= 0.3 is 6.03 Å². The van der Waals surface area contributed by atoms with Gasteiger partial charge in [0.15, 0.2) is 5.79 Å². The molecule has 1 spiro atoms. The highest BCUT2D eigenvalue weighted by Gasteiger charge is 2.39. The zero-order valence-electron chi connectivity index (χ0n) is 16.6. The molecule has 3 aliphatic heterocycles. The molecule has 29 heavy (non-hydrogen) atoms. The number of rotatable bonds is 2. The minimum Gasteiger partial charge on any atom is -0.348 e. The van der Waals surface area contributed by atoms with Crippen molar-refractivity contribution in [2.24, 2.45) is 0 Å². The van der Waals surface area contributed by atoms with Crippen molar-refractivity contribution in [3.8, 4) is 0 Å². The molecular weight excluding hydrogens is 372 g/mol. The fourth-order valence-electron chi connectivity index (χ4n) is 4.54. The third-order valence-electron chi connectivity index (χ3n) is 6.22. The Balaban J connectivity index is 1.39. The lowest BCUT2D eigenvalue weighted by Gasteiger charge is -2.43. The lowest BCUT2D eigenvalue weighted by Crippen LogP contribution is -2.50. The van der Waals surface area contributed by atoms with Crippen LogP contribution in [0.3, 0.4) is 0 Å². The molecule has 0 aliphatic carbocycles. The third kappa shape index (κ3) is 3.31. The van der Waals surface area contributed by atoms with Crippen molar-refractivity contribution in [2.75, 3.05) is 37.7 Å². The molecule has 0 radical (unpaired) electrons. The van der Waals surface area contributed by atoms with Crippen LogP contribution in [0.1, 0.15) is 30.9 Å². The molecule has 3 saturated heterocycles. The number of fused-ring (bicyclic) bond motifs is 1. The Kier molecular flexibility index (Phi) is 4.57. The molecule has 8 heteroatoms. The van der Waals surface area contributed by atoms with Crippen LogP contribution in [-0.2, 0) is 14.3 Å². The summed E-state index contributed by atoms with van der Waals surface area (Å²) in [6.45, 7) is 5.50. The first-order valence-electron chi connectivity index (χ1n) is 10.3. The van der Waals surface area contributed by atoms with Gasteiger partial charge in [0.25, 0.3) is 0 Å². The van der Waals surface area contributed by atoms with Gasteiger partial charge in [-0.2, -0.15) is 0 Å². The summed E-state index contributed by atoms with van der Waals surface area (Å²) in [5, 5.41) is 6.79. The van der Waals surface area contributed by atoms with Crippen molar-refractivity contribution in [1.82, 2.24) is 15.2 Å². The number of aryl methyl sites for hydroxylation is 1. The summed E-state index contributed by atoms with van der Waals surface area (Å²) in [4.78, 5) is 25.3. The molecule has 2 N–H and O–H groups in total. The number of amides is 3. The number of carbonyl (C=O) groups is 2. The number of anilines is 1. The Hall–Kier alpha value is -2.42. The Bertz CT molecular complexity index is 953. The number of urea groups is 1. The van der Waals surface area contributed by atoms with E-state index in [0.717, 1.165) is 48.1 Å². The number of piperidine rings is 1. The Morgan fingerprint density at radius 3 is 2.62 bits per heavy atom. The molecule has 0 bridgehead atoms. The number of hydrogen-bond donors (Lipinski definition) is 2. The zero-order valence-corrected chi connectivity index (χ0v) is 16.6. The first-order valence-corrected chi connectivity index (χ1v) is 10.3. The molecule has 1 aromatic carbocycles. The molecular formula is C21H26N4O4. The molecule has 3 aliphatic rings. The lowest BCUT2D eigenvalue weighted by molar-refractivity contribution is -0.288. The average molecular weight is 398 g/mol. The van der Waals surface area contributed by atoms with Gasteiger partial charge < -0.3 is 19.4 Å². The van der Waals surface area contributed by atoms with Crippen LogP contribution in [0.25, 0.3) is 10.9 Å². The van der Waals surface area contributed by atoms with E-state index in [0.29, 0.717) is 26.2 Å². The minimum atomic E-state index is -0.424. The molecule has 1 aromatic heterocycles. The van der Waals surface area contributed by atoms with Crippen molar-refractivity contribution in [3.63, 3.8) is 0 Å². The molecule has 0 saturated carbocycles. The van der Waals surface area contributed by atoms with E-state index in [9.17, 15) is 9.59 Å². The maximum absolute atomic E-state index is 12.2. The molecule has 3 fully saturated rings. The van der Waals surface area contributed by atoms with Crippen molar-refractivity contribution in [2.45, 2.75) is 38.0 Å². The monoisotopic (exact) mass is 398 g/mol. The van der Waals surface area contributed by atoms with Crippen LogP contribution in [0.15, 0.2) is 24.4 Å². The summed E-state index contributed by atoms with van der Waals surface area (Å²) in [7, 11) is 0. The summed E-state index contributed by atoms with van der Waals surface area (Å²) >= 11 is 0. The van der Waals surface area contributed by atoms with E-state index in [4.69, 9.17) is 9.47 Å². The van der Waals surface area contributed by atoms with Crippen LogP contribution in [0.4, 0.5) is 10.5 Å². The smallest absolute Gasteiger partial charge is 0.328 e. The SMILES string of the molecule is Cc1cc2c(ccn2C2COC3(CCNCC3)OC2)cc1N1CCC(=O)NC1=O. The Morgan fingerprint density at radius 2 is 1.90 bits per heavy atom. The largest absolute Gasteiger partial charge is 0.348 e. The van der Waals surface area contributed by atoms with Gasteiger partial charge in [-0.05, 0) is 30.7 Å². The summed E-state index contributed by atoms with van der Waals surface area (Å²) < 4.78 is 14.6. The maximum atomic E-state index is 12.2. The lowest BCUT2D eigenvalue weighted by atomic mass is 10.0. The number of hydrogen-bond acceptors (Lipinski definition) is 5. The van der Waals surface area contributed by atoms with Crippen LogP contribution in [0, 0.1) is 6.92 Å². The standard InChI is InChI=1S/C21H26N4O4/c1-14-10-18-15(11-17(14)25-9-3-19(26)23-20(25)27)2-8-24(18)16-12-28-21(29-13-16)4-6-22-7-5-21/h2,8,10-11,16,22H,3-7,9,12-13H2,1H3,(H,23,26,27). The number of carbonyl (C=O) groups excluding carboxylic acids is 2. The number of nitrogens with one attached hydrogen (secondary N) is 2. The number of imide groups is 1. The van der Waals surface area contributed by atoms with Gasteiger partial charge in [0.1, 0.15) is 0 Å². The highest BCUT2D eigenvalue weighted by molar-refractivity contribution is 6.06. The van der Waals surface area contributed by atoms with Crippen LogP contribution < -0.4 is 15.5 Å². The molecule has 2 aromatic rings. The Morgan fingerprint density at radius 1 is 1.14 bits per heavy atom. The number of nitrogens with zero attached hydrogens (tertiary/aromatic N) is 2. The van der Waals surface area contributed by atoms with Gasteiger partial charge in [-0.25, -0.2) is 4.79 Å². The molecule has 4 heterocycles. The van der Waals surface area contributed by atoms with Crippen molar-refractivity contribution >= 4 is 28.5 Å². The fraction of sp³-hybridized carbons (Fsp3) is 0.524. The number of aromatic nitrogens is 1. The van der Waals surface area contributed by atoms with Crippen LogP contribution in [0.5, 0.6) is 0 Å². The topological polar surface area (TPSA) is 84.8 Å². The molecule has 3 amide bonds. The maximum Gasteiger partial charge on any atom is 0.328 e. The highest BCUT2D eigenvalue weighted by atomic mass is 16.7. The van der Waals surface area contributed by atoms with Gasteiger partial charge in [-0.3, -0.25) is 15.0 Å². The Labute approximate surface area is 169 Å². The second-order valence-electron chi connectivity index (χ2n) is 8.11.